The largest absolute Gasteiger partial charge is 0.290 e. The van der Waals surface area contributed by atoms with E-state index in [0.29, 0.717) is 36.2 Å². The van der Waals surface area contributed by atoms with Crippen LogP contribution in [0.4, 0.5) is 0 Å². The van der Waals surface area contributed by atoms with Crippen molar-refractivity contribution >= 4 is 33.2 Å². The molecule has 0 aromatic heterocycles. The van der Waals surface area contributed by atoms with Crippen molar-refractivity contribution in [3.8, 4) is 0 Å². The Labute approximate surface area is 187 Å². The molecule has 0 bridgehead atoms. The third kappa shape index (κ3) is 4.56. The lowest BCUT2D eigenvalue weighted by Gasteiger charge is -2.39. The Hall–Kier alpha value is -1.89. The van der Waals surface area contributed by atoms with Gasteiger partial charge >= 0.3 is 0 Å². The third-order valence-corrected chi connectivity index (χ3v) is 7.76. The standard InChI is InChI=1S/C23H22Cl2N2O2S/c24-20-11-9-19(10-12-20)23(18-5-2-1-3-6-18)26-13-15-27(16-14-26)30(28,29)22-8-4-7-21(25)17-22/h1-12,17,23H,13-16H2/t23-/m1/s1. The van der Waals surface area contributed by atoms with Crippen molar-refractivity contribution in [1.82, 2.24) is 9.21 Å². The summed E-state index contributed by atoms with van der Waals surface area (Å²) in [5.41, 5.74) is 2.31. The zero-order chi connectivity index (χ0) is 21.1. The van der Waals surface area contributed by atoms with Crippen LogP contribution >= 0.6 is 23.2 Å². The van der Waals surface area contributed by atoms with Gasteiger partial charge in [0.05, 0.1) is 10.9 Å². The monoisotopic (exact) mass is 460 g/mol. The van der Waals surface area contributed by atoms with Crippen LogP contribution in [0.5, 0.6) is 0 Å². The van der Waals surface area contributed by atoms with Gasteiger partial charge in [0.15, 0.2) is 0 Å². The second kappa shape index (κ2) is 9.08. The molecule has 1 aliphatic rings. The second-order valence-electron chi connectivity index (χ2n) is 7.26. The number of hydrogen-bond donors (Lipinski definition) is 0. The van der Waals surface area contributed by atoms with E-state index in [9.17, 15) is 8.42 Å². The molecule has 4 rings (SSSR count). The average Bonchev–Trinajstić information content (AvgIpc) is 2.76. The molecule has 1 saturated heterocycles. The molecule has 0 unspecified atom stereocenters. The molecule has 0 amide bonds. The molecule has 3 aromatic rings. The molecular weight excluding hydrogens is 439 g/mol. The maximum atomic E-state index is 13.0. The van der Waals surface area contributed by atoms with Crippen LogP contribution in [0.2, 0.25) is 10.0 Å². The number of nitrogens with zero attached hydrogens (tertiary/aromatic N) is 2. The molecule has 1 atom stereocenters. The van der Waals surface area contributed by atoms with E-state index >= 15 is 0 Å². The van der Waals surface area contributed by atoms with Crippen molar-refractivity contribution < 1.29 is 8.42 Å². The summed E-state index contributed by atoms with van der Waals surface area (Å²) >= 11 is 12.1. The topological polar surface area (TPSA) is 40.6 Å². The molecule has 4 nitrogen and oxygen atoms in total. The number of rotatable bonds is 5. The van der Waals surface area contributed by atoms with Crippen molar-refractivity contribution in [3.05, 3.63) is 100 Å². The highest BCUT2D eigenvalue weighted by atomic mass is 35.5. The SMILES string of the molecule is O=S(=O)(c1cccc(Cl)c1)N1CCN([C@H](c2ccccc2)c2ccc(Cl)cc2)CC1. The van der Waals surface area contributed by atoms with Gasteiger partial charge in [0, 0.05) is 36.2 Å². The van der Waals surface area contributed by atoms with Gasteiger partial charge in [-0.1, -0.05) is 71.7 Å². The van der Waals surface area contributed by atoms with Crippen LogP contribution in [0.15, 0.2) is 83.8 Å². The smallest absolute Gasteiger partial charge is 0.243 e. The first kappa shape index (κ1) is 21.3. The molecule has 0 spiro atoms. The maximum absolute atomic E-state index is 13.0. The predicted octanol–water partition coefficient (Wildman–Crippen LogP) is 5.09. The highest BCUT2D eigenvalue weighted by Gasteiger charge is 2.32. The van der Waals surface area contributed by atoms with Crippen LogP contribution in [0, 0.1) is 0 Å². The first-order chi connectivity index (χ1) is 14.4. The number of piperazine rings is 1. The summed E-state index contributed by atoms with van der Waals surface area (Å²) in [5.74, 6) is 0. The van der Waals surface area contributed by atoms with E-state index in [1.54, 1.807) is 22.5 Å². The van der Waals surface area contributed by atoms with Crippen molar-refractivity contribution in [2.45, 2.75) is 10.9 Å². The molecule has 3 aromatic carbocycles. The number of sulfonamides is 1. The van der Waals surface area contributed by atoms with E-state index in [2.05, 4.69) is 17.0 Å². The lowest BCUT2D eigenvalue weighted by atomic mass is 9.96. The summed E-state index contributed by atoms with van der Waals surface area (Å²) in [7, 11) is -3.56. The Morgan fingerprint density at radius 3 is 1.97 bits per heavy atom. The van der Waals surface area contributed by atoms with E-state index in [1.807, 2.05) is 42.5 Å². The first-order valence-corrected chi connectivity index (χ1v) is 11.9. The minimum atomic E-state index is -3.56. The molecule has 0 aliphatic carbocycles. The van der Waals surface area contributed by atoms with Crippen molar-refractivity contribution in [2.24, 2.45) is 0 Å². The molecule has 1 aliphatic heterocycles. The van der Waals surface area contributed by atoms with E-state index in [1.165, 1.54) is 11.6 Å². The number of hydrogen-bond acceptors (Lipinski definition) is 3. The zero-order valence-corrected chi connectivity index (χ0v) is 18.6. The van der Waals surface area contributed by atoms with Crippen molar-refractivity contribution in [3.63, 3.8) is 0 Å². The lowest BCUT2D eigenvalue weighted by molar-refractivity contribution is 0.156. The lowest BCUT2D eigenvalue weighted by Crippen LogP contribution is -2.49. The highest BCUT2D eigenvalue weighted by molar-refractivity contribution is 7.89. The maximum Gasteiger partial charge on any atom is 0.243 e. The Morgan fingerprint density at radius 1 is 0.700 bits per heavy atom. The normalized spacial score (nSPS) is 17.0. The number of halogens is 2. The summed E-state index contributed by atoms with van der Waals surface area (Å²) in [6.45, 7) is 2.10. The summed E-state index contributed by atoms with van der Waals surface area (Å²) < 4.78 is 27.6. The number of benzene rings is 3. The van der Waals surface area contributed by atoms with E-state index in [-0.39, 0.29) is 10.9 Å². The predicted molar refractivity (Wildman–Crippen MR) is 122 cm³/mol. The summed E-state index contributed by atoms with van der Waals surface area (Å²) in [4.78, 5) is 2.56. The summed E-state index contributed by atoms with van der Waals surface area (Å²) in [5, 5.41) is 1.12. The molecule has 0 saturated carbocycles. The van der Waals surface area contributed by atoms with Crippen molar-refractivity contribution in [1.29, 1.82) is 0 Å². The minimum Gasteiger partial charge on any atom is -0.290 e. The molecule has 1 heterocycles. The Bertz CT molecular complexity index is 1100. The van der Waals surface area contributed by atoms with Crippen LogP contribution < -0.4 is 0 Å². The molecule has 1 fully saturated rings. The zero-order valence-electron chi connectivity index (χ0n) is 16.3. The molecule has 156 valence electrons. The van der Waals surface area contributed by atoms with Gasteiger partial charge in [-0.15, -0.1) is 0 Å². The van der Waals surface area contributed by atoms with Crippen LogP contribution in [0.1, 0.15) is 17.2 Å². The third-order valence-electron chi connectivity index (χ3n) is 5.37. The fraction of sp³-hybridized carbons (Fsp3) is 0.217. The van der Waals surface area contributed by atoms with Crippen LogP contribution in [0.3, 0.4) is 0 Å². The molecule has 7 heteroatoms. The first-order valence-electron chi connectivity index (χ1n) is 9.75. The minimum absolute atomic E-state index is 0.0412. The quantitative estimate of drug-likeness (QED) is 0.532. The molecule has 0 N–H and O–H groups in total. The summed E-state index contributed by atoms with van der Waals surface area (Å²) in [6, 6.07) is 24.6. The van der Waals surface area contributed by atoms with Gasteiger partial charge in [0.2, 0.25) is 10.0 Å². The second-order valence-corrected chi connectivity index (χ2v) is 10.1. The summed E-state index contributed by atoms with van der Waals surface area (Å²) in [6.07, 6.45) is 0. The molecule has 30 heavy (non-hydrogen) atoms. The fourth-order valence-electron chi connectivity index (χ4n) is 3.87. The van der Waals surface area contributed by atoms with E-state index < -0.39 is 10.0 Å². The average molecular weight is 461 g/mol. The molecule has 0 radical (unpaired) electrons. The Morgan fingerprint density at radius 2 is 1.33 bits per heavy atom. The van der Waals surface area contributed by atoms with Crippen LogP contribution in [0.25, 0.3) is 0 Å². The van der Waals surface area contributed by atoms with Gasteiger partial charge in [-0.3, -0.25) is 4.90 Å². The van der Waals surface area contributed by atoms with Gasteiger partial charge in [-0.2, -0.15) is 4.31 Å². The van der Waals surface area contributed by atoms with Gasteiger partial charge in [-0.05, 0) is 41.5 Å². The Kier molecular flexibility index (Phi) is 6.46. The fourth-order valence-corrected chi connectivity index (χ4v) is 5.72. The van der Waals surface area contributed by atoms with Gasteiger partial charge in [0.1, 0.15) is 0 Å². The van der Waals surface area contributed by atoms with E-state index in [0.717, 1.165) is 5.56 Å². The molecular formula is C23H22Cl2N2O2S. The Balaban J connectivity index is 1.56. The van der Waals surface area contributed by atoms with Crippen LogP contribution in [-0.2, 0) is 10.0 Å². The van der Waals surface area contributed by atoms with Crippen LogP contribution in [-0.4, -0.2) is 43.8 Å². The van der Waals surface area contributed by atoms with Gasteiger partial charge < -0.3 is 0 Å². The highest BCUT2D eigenvalue weighted by Crippen LogP contribution is 2.31. The van der Waals surface area contributed by atoms with Crippen molar-refractivity contribution in [2.75, 3.05) is 26.2 Å². The van der Waals surface area contributed by atoms with E-state index in [4.69, 9.17) is 23.2 Å². The van der Waals surface area contributed by atoms with Gasteiger partial charge in [-0.25, -0.2) is 8.42 Å². The van der Waals surface area contributed by atoms with Gasteiger partial charge in [0.25, 0.3) is 0 Å².